The molecule has 0 bridgehead atoms. The number of carbonyl (C=O) groups excluding carboxylic acids is 1. The minimum Gasteiger partial charge on any atom is -0.368 e. The van der Waals surface area contributed by atoms with Crippen LogP contribution >= 0.6 is 0 Å². The van der Waals surface area contributed by atoms with E-state index in [9.17, 15) is 4.79 Å². The van der Waals surface area contributed by atoms with Gasteiger partial charge in [0.2, 0.25) is 5.91 Å². The average Bonchev–Trinajstić information content (AvgIpc) is 2.38. The molecule has 1 rings (SSSR count). The molecule has 0 aromatic rings. The van der Waals surface area contributed by atoms with Gasteiger partial charge in [0.1, 0.15) is 6.10 Å². The Labute approximate surface area is 104 Å². The Morgan fingerprint density at radius 3 is 2.65 bits per heavy atom. The van der Waals surface area contributed by atoms with Crippen LogP contribution in [0.1, 0.15) is 46.0 Å². The third-order valence-corrected chi connectivity index (χ3v) is 3.64. The highest BCUT2D eigenvalue weighted by Gasteiger charge is 2.23. The number of hydrogen-bond acceptors (Lipinski definition) is 3. The Balaban J connectivity index is 2.26. The predicted octanol–water partition coefficient (Wildman–Crippen LogP) is 1.44. The zero-order chi connectivity index (χ0) is 12.7. The highest BCUT2D eigenvalue weighted by atomic mass is 16.5. The fourth-order valence-corrected chi connectivity index (χ4v) is 2.34. The summed E-state index contributed by atoms with van der Waals surface area (Å²) in [6.45, 7) is 5.54. The summed E-state index contributed by atoms with van der Waals surface area (Å²) in [5.74, 6) is 0.494. The van der Waals surface area contributed by atoms with Crippen molar-refractivity contribution in [3.63, 3.8) is 0 Å². The van der Waals surface area contributed by atoms with Crippen molar-refractivity contribution in [2.75, 3.05) is 13.2 Å². The first-order chi connectivity index (χ1) is 8.19. The molecule has 3 N–H and O–H groups in total. The molecule has 1 aliphatic rings. The molecule has 17 heavy (non-hydrogen) atoms. The molecule has 0 aromatic carbocycles. The average molecular weight is 242 g/mol. The number of carbonyl (C=O) groups is 1. The van der Waals surface area contributed by atoms with Crippen LogP contribution in [0.5, 0.6) is 0 Å². The van der Waals surface area contributed by atoms with Gasteiger partial charge in [-0.05, 0) is 25.2 Å². The second kappa shape index (κ2) is 7.67. The molecule has 0 aromatic heterocycles. The van der Waals surface area contributed by atoms with Crippen LogP contribution < -0.4 is 11.1 Å². The van der Waals surface area contributed by atoms with Gasteiger partial charge in [-0.2, -0.15) is 0 Å². The van der Waals surface area contributed by atoms with E-state index in [0.717, 1.165) is 32.1 Å². The molecule has 0 spiro atoms. The molecule has 1 heterocycles. The fraction of sp³-hybridized carbons (Fsp3) is 0.923. The zero-order valence-electron chi connectivity index (χ0n) is 11.1. The van der Waals surface area contributed by atoms with Gasteiger partial charge in [0, 0.05) is 19.2 Å². The van der Waals surface area contributed by atoms with Crippen molar-refractivity contribution in [2.45, 2.75) is 58.1 Å². The molecule has 4 nitrogen and oxygen atoms in total. The molecular formula is C13H26N2O2. The molecule has 1 saturated heterocycles. The number of hydrogen-bond donors (Lipinski definition) is 2. The van der Waals surface area contributed by atoms with Gasteiger partial charge in [-0.15, -0.1) is 0 Å². The van der Waals surface area contributed by atoms with E-state index in [1.54, 1.807) is 0 Å². The Kier molecular flexibility index (Phi) is 6.52. The number of nitrogens with one attached hydrogen (secondary N) is 1. The van der Waals surface area contributed by atoms with Crippen LogP contribution in [0.2, 0.25) is 0 Å². The van der Waals surface area contributed by atoms with Gasteiger partial charge in [0.15, 0.2) is 0 Å². The summed E-state index contributed by atoms with van der Waals surface area (Å²) < 4.78 is 5.43. The maximum Gasteiger partial charge on any atom is 0.249 e. The SMILES string of the molecule is CCC(CC)C(N)CNC(=O)C1CCCCO1. The van der Waals surface area contributed by atoms with Gasteiger partial charge in [0.05, 0.1) is 0 Å². The van der Waals surface area contributed by atoms with E-state index in [0.29, 0.717) is 19.1 Å². The molecule has 4 heteroatoms. The summed E-state index contributed by atoms with van der Waals surface area (Å²) >= 11 is 0. The first-order valence-corrected chi connectivity index (χ1v) is 6.83. The van der Waals surface area contributed by atoms with Gasteiger partial charge < -0.3 is 15.8 Å². The first kappa shape index (κ1) is 14.5. The summed E-state index contributed by atoms with van der Waals surface area (Å²) in [6.07, 6.45) is 4.86. The van der Waals surface area contributed by atoms with Gasteiger partial charge in [-0.25, -0.2) is 0 Å². The lowest BCUT2D eigenvalue weighted by Crippen LogP contribution is -2.46. The van der Waals surface area contributed by atoms with E-state index in [1.165, 1.54) is 0 Å². The van der Waals surface area contributed by atoms with Gasteiger partial charge in [-0.3, -0.25) is 4.79 Å². The van der Waals surface area contributed by atoms with Crippen LogP contribution in [0, 0.1) is 5.92 Å². The number of nitrogens with two attached hydrogens (primary N) is 1. The smallest absolute Gasteiger partial charge is 0.249 e. The summed E-state index contributed by atoms with van der Waals surface area (Å²) in [5, 5.41) is 2.91. The van der Waals surface area contributed by atoms with Gasteiger partial charge in [0.25, 0.3) is 0 Å². The van der Waals surface area contributed by atoms with Gasteiger partial charge >= 0.3 is 0 Å². The molecule has 1 fully saturated rings. The normalized spacial score (nSPS) is 22.5. The molecule has 0 aliphatic carbocycles. The Morgan fingerprint density at radius 2 is 2.12 bits per heavy atom. The lowest BCUT2D eigenvalue weighted by molar-refractivity contribution is -0.135. The third kappa shape index (κ3) is 4.64. The highest BCUT2D eigenvalue weighted by Crippen LogP contribution is 2.13. The summed E-state index contributed by atoms with van der Waals surface area (Å²) in [6, 6.07) is 0.0533. The van der Waals surface area contributed by atoms with E-state index < -0.39 is 0 Å². The maximum absolute atomic E-state index is 11.8. The van der Waals surface area contributed by atoms with Crippen molar-refractivity contribution >= 4 is 5.91 Å². The number of rotatable bonds is 6. The van der Waals surface area contributed by atoms with Crippen molar-refractivity contribution in [1.29, 1.82) is 0 Å². The standard InChI is InChI=1S/C13H26N2O2/c1-3-10(4-2)11(14)9-15-13(16)12-7-5-6-8-17-12/h10-12H,3-9,14H2,1-2H3,(H,15,16). The molecule has 0 radical (unpaired) electrons. The van der Waals surface area contributed by atoms with E-state index >= 15 is 0 Å². The predicted molar refractivity (Wildman–Crippen MR) is 68.6 cm³/mol. The second-order valence-corrected chi connectivity index (χ2v) is 4.84. The maximum atomic E-state index is 11.8. The van der Waals surface area contributed by atoms with Crippen LogP contribution in [-0.2, 0) is 9.53 Å². The molecule has 1 amide bonds. The third-order valence-electron chi connectivity index (χ3n) is 3.64. The fourth-order valence-electron chi connectivity index (χ4n) is 2.34. The zero-order valence-corrected chi connectivity index (χ0v) is 11.1. The van der Waals surface area contributed by atoms with Crippen LogP contribution in [0.4, 0.5) is 0 Å². The van der Waals surface area contributed by atoms with Crippen molar-refractivity contribution in [2.24, 2.45) is 11.7 Å². The first-order valence-electron chi connectivity index (χ1n) is 6.83. The van der Waals surface area contributed by atoms with Crippen LogP contribution in [-0.4, -0.2) is 31.2 Å². The molecule has 1 aliphatic heterocycles. The van der Waals surface area contributed by atoms with Crippen LogP contribution in [0.3, 0.4) is 0 Å². The van der Waals surface area contributed by atoms with Crippen molar-refractivity contribution < 1.29 is 9.53 Å². The number of ether oxygens (including phenoxy) is 1. The van der Waals surface area contributed by atoms with E-state index in [1.807, 2.05) is 0 Å². The highest BCUT2D eigenvalue weighted by molar-refractivity contribution is 5.80. The summed E-state index contributed by atoms with van der Waals surface area (Å²) in [7, 11) is 0. The van der Waals surface area contributed by atoms with Crippen LogP contribution in [0.15, 0.2) is 0 Å². The summed E-state index contributed by atoms with van der Waals surface area (Å²) in [5.41, 5.74) is 6.06. The Hall–Kier alpha value is -0.610. The second-order valence-electron chi connectivity index (χ2n) is 4.84. The monoisotopic (exact) mass is 242 g/mol. The number of amides is 1. The topological polar surface area (TPSA) is 64.3 Å². The summed E-state index contributed by atoms with van der Waals surface area (Å²) in [4.78, 5) is 11.8. The van der Waals surface area contributed by atoms with Crippen molar-refractivity contribution in [3.05, 3.63) is 0 Å². The lowest BCUT2D eigenvalue weighted by atomic mass is 9.95. The van der Waals surface area contributed by atoms with Crippen LogP contribution in [0.25, 0.3) is 0 Å². The Bertz CT molecular complexity index is 223. The van der Waals surface area contributed by atoms with E-state index in [4.69, 9.17) is 10.5 Å². The molecule has 100 valence electrons. The minimum absolute atomic E-state index is 0.00565. The Morgan fingerprint density at radius 1 is 1.41 bits per heavy atom. The van der Waals surface area contributed by atoms with Crippen molar-refractivity contribution in [1.82, 2.24) is 5.32 Å². The molecule has 2 atom stereocenters. The molecule has 0 saturated carbocycles. The largest absolute Gasteiger partial charge is 0.368 e. The van der Waals surface area contributed by atoms with E-state index in [2.05, 4.69) is 19.2 Å². The van der Waals surface area contributed by atoms with Gasteiger partial charge in [-0.1, -0.05) is 26.7 Å². The minimum atomic E-state index is -0.252. The molecule has 2 unspecified atom stereocenters. The molecular weight excluding hydrogens is 216 g/mol. The van der Waals surface area contributed by atoms with E-state index in [-0.39, 0.29) is 18.1 Å². The lowest BCUT2D eigenvalue weighted by Gasteiger charge is -2.25. The quantitative estimate of drug-likeness (QED) is 0.740. The van der Waals surface area contributed by atoms with Crippen molar-refractivity contribution in [3.8, 4) is 0 Å².